The summed E-state index contributed by atoms with van der Waals surface area (Å²) in [4.78, 5) is 27.6. The van der Waals surface area contributed by atoms with Crippen molar-refractivity contribution in [3.8, 4) is 17.2 Å². The first kappa shape index (κ1) is 21.8. The minimum absolute atomic E-state index is 0.0261. The van der Waals surface area contributed by atoms with Crippen molar-refractivity contribution in [1.29, 1.82) is 0 Å². The number of benzene rings is 2. The summed E-state index contributed by atoms with van der Waals surface area (Å²) in [5.41, 5.74) is 0.135. The van der Waals surface area contributed by atoms with Gasteiger partial charge in [-0.2, -0.15) is 5.10 Å². The van der Waals surface area contributed by atoms with Crippen LogP contribution in [0.25, 0.3) is 0 Å². The Balaban J connectivity index is 1.50. The summed E-state index contributed by atoms with van der Waals surface area (Å²) in [5.74, 6) is 0.594. The molecule has 1 amide bonds. The lowest BCUT2D eigenvalue weighted by Gasteiger charge is -2.11. The second kappa shape index (κ2) is 9.79. The highest BCUT2D eigenvalue weighted by atomic mass is 35.5. The number of hydrogen-bond acceptors (Lipinski definition) is 7. The molecule has 1 N–H and O–H groups in total. The first-order valence-electron chi connectivity index (χ1n) is 9.57. The highest BCUT2D eigenvalue weighted by Gasteiger charge is 2.17. The lowest BCUT2D eigenvalue weighted by molar-refractivity contribution is -0.384. The Kier molecular flexibility index (Phi) is 6.46. The van der Waals surface area contributed by atoms with Crippen LogP contribution in [0.1, 0.15) is 10.5 Å². The molecule has 0 aliphatic heterocycles. The minimum Gasteiger partial charge on any atom is -0.471 e. The molecule has 11 heteroatoms. The average molecular weight is 466 g/mol. The SMILES string of the molecule is O=C(Nc1cc(Oc2cccnc2)cc([N+](=O)[O-])c1)c1ccnn1COc1ccc(Cl)cc1. The zero-order chi connectivity index (χ0) is 23.2. The van der Waals surface area contributed by atoms with Crippen LogP contribution in [-0.2, 0) is 6.73 Å². The van der Waals surface area contributed by atoms with E-state index in [-0.39, 0.29) is 29.5 Å². The van der Waals surface area contributed by atoms with Gasteiger partial charge in [0.25, 0.3) is 11.6 Å². The van der Waals surface area contributed by atoms with E-state index in [2.05, 4.69) is 15.4 Å². The third kappa shape index (κ3) is 5.63. The van der Waals surface area contributed by atoms with Crippen LogP contribution in [0.5, 0.6) is 17.2 Å². The molecule has 2 aromatic carbocycles. The molecule has 0 aliphatic carbocycles. The number of non-ortho nitro benzene ring substituents is 1. The van der Waals surface area contributed by atoms with E-state index >= 15 is 0 Å². The zero-order valence-electron chi connectivity index (χ0n) is 16.9. The lowest BCUT2D eigenvalue weighted by Crippen LogP contribution is -2.19. The van der Waals surface area contributed by atoms with Crippen LogP contribution in [0.2, 0.25) is 5.02 Å². The largest absolute Gasteiger partial charge is 0.471 e. The number of halogens is 1. The first-order valence-corrected chi connectivity index (χ1v) is 9.94. The molecule has 0 saturated heterocycles. The Morgan fingerprint density at radius 1 is 1.06 bits per heavy atom. The standard InChI is InChI=1S/C22H16ClN5O5/c23-15-3-5-18(6-4-15)32-14-27-21(7-9-25-27)22(29)26-16-10-17(28(30)31)12-20(11-16)33-19-2-1-8-24-13-19/h1-13H,14H2,(H,26,29). The molecule has 0 radical (unpaired) electrons. The average Bonchev–Trinajstić information content (AvgIpc) is 3.28. The van der Waals surface area contributed by atoms with Crippen LogP contribution in [0.3, 0.4) is 0 Å². The zero-order valence-corrected chi connectivity index (χ0v) is 17.7. The van der Waals surface area contributed by atoms with Gasteiger partial charge in [-0.15, -0.1) is 0 Å². The van der Waals surface area contributed by atoms with Gasteiger partial charge in [0.2, 0.25) is 0 Å². The molecule has 0 aliphatic rings. The Hall–Kier alpha value is -4.44. The van der Waals surface area contributed by atoms with Gasteiger partial charge in [-0.25, -0.2) is 4.68 Å². The van der Waals surface area contributed by atoms with E-state index in [1.54, 1.807) is 42.6 Å². The van der Waals surface area contributed by atoms with Gasteiger partial charge in [-0.1, -0.05) is 11.6 Å². The third-order valence-electron chi connectivity index (χ3n) is 4.35. The third-order valence-corrected chi connectivity index (χ3v) is 4.60. The van der Waals surface area contributed by atoms with Crippen LogP contribution in [0.4, 0.5) is 11.4 Å². The predicted octanol–water partition coefficient (Wildman–Crippen LogP) is 4.92. The number of nitrogens with zero attached hydrogens (tertiary/aromatic N) is 4. The van der Waals surface area contributed by atoms with E-state index in [1.807, 2.05) is 0 Å². The molecule has 33 heavy (non-hydrogen) atoms. The maximum absolute atomic E-state index is 12.8. The number of nitro groups is 1. The molecule has 166 valence electrons. The van der Waals surface area contributed by atoms with Gasteiger partial charge in [-0.05, 0) is 42.5 Å². The van der Waals surface area contributed by atoms with Crippen LogP contribution in [0, 0.1) is 10.1 Å². The second-order valence-corrected chi connectivity index (χ2v) is 7.10. The Morgan fingerprint density at radius 2 is 1.88 bits per heavy atom. The number of rotatable bonds is 8. The van der Waals surface area contributed by atoms with Crippen molar-refractivity contribution in [2.45, 2.75) is 6.73 Å². The summed E-state index contributed by atoms with van der Waals surface area (Å²) < 4.78 is 12.6. The van der Waals surface area contributed by atoms with Gasteiger partial charge in [0, 0.05) is 29.5 Å². The molecule has 10 nitrogen and oxygen atoms in total. The van der Waals surface area contributed by atoms with E-state index in [9.17, 15) is 14.9 Å². The number of nitrogens with one attached hydrogen (secondary N) is 1. The Morgan fingerprint density at radius 3 is 2.61 bits per heavy atom. The van der Waals surface area contributed by atoms with Gasteiger partial charge in [0.1, 0.15) is 22.9 Å². The first-order chi connectivity index (χ1) is 16.0. The van der Waals surface area contributed by atoms with Crippen LogP contribution in [-0.4, -0.2) is 25.6 Å². The summed E-state index contributed by atoms with van der Waals surface area (Å²) >= 11 is 5.86. The molecular formula is C22H16ClN5O5. The molecule has 4 aromatic rings. The molecule has 0 spiro atoms. The number of nitro benzene ring substituents is 1. The number of carbonyl (C=O) groups is 1. The van der Waals surface area contributed by atoms with Crippen molar-refractivity contribution in [2.24, 2.45) is 0 Å². The highest BCUT2D eigenvalue weighted by molar-refractivity contribution is 6.30. The Bertz CT molecular complexity index is 1280. The molecule has 0 saturated carbocycles. The van der Waals surface area contributed by atoms with Crippen molar-refractivity contribution in [1.82, 2.24) is 14.8 Å². The number of carbonyl (C=O) groups excluding carboxylic acids is 1. The fraction of sp³-hybridized carbons (Fsp3) is 0.0455. The molecule has 2 heterocycles. The van der Waals surface area contributed by atoms with Gasteiger partial charge in [-0.3, -0.25) is 19.9 Å². The van der Waals surface area contributed by atoms with Crippen molar-refractivity contribution < 1.29 is 19.2 Å². The van der Waals surface area contributed by atoms with E-state index < -0.39 is 10.8 Å². The topological polar surface area (TPSA) is 121 Å². The monoisotopic (exact) mass is 465 g/mol. The number of aromatic nitrogens is 3. The fourth-order valence-corrected chi connectivity index (χ4v) is 2.98. The van der Waals surface area contributed by atoms with E-state index in [4.69, 9.17) is 21.1 Å². The molecule has 4 rings (SSSR count). The van der Waals surface area contributed by atoms with Crippen LogP contribution in [0.15, 0.2) is 79.3 Å². The maximum Gasteiger partial charge on any atom is 0.275 e. The summed E-state index contributed by atoms with van der Waals surface area (Å²) in [6.45, 7) is -0.0261. The van der Waals surface area contributed by atoms with E-state index in [0.717, 1.165) is 0 Å². The summed E-state index contributed by atoms with van der Waals surface area (Å²) in [6.07, 6.45) is 4.49. The number of amides is 1. The molecule has 0 unspecified atom stereocenters. The Labute approximate surface area is 192 Å². The summed E-state index contributed by atoms with van der Waals surface area (Å²) in [5, 5.41) is 18.7. The van der Waals surface area contributed by atoms with Crippen LogP contribution >= 0.6 is 11.6 Å². The minimum atomic E-state index is -0.573. The molecule has 0 bridgehead atoms. The van der Waals surface area contributed by atoms with Gasteiger partial charge in [0.05, 0.1) is 22.9 Å². The molecule has 2 aromatic heterocycles. The maximum atomic E-state index is 12.8. The fourth-order valence-electron chi connectivity index (χ4n) is 2.85. The predicted molar refractivity (Wildman–Crippen MR) is 120 cm³/mol. The van der Waals surface area contributed by atoms with Crippen molar-refractivity contribution in [2.75, 3.05) is 5.32 Å². The van der Waals surface area contributed by atoms with Crippen molar-refractivity contribution in [3.63, 3.8) is 0 Å². The van der Waals surface area contributed by atoms with E-state index in [1.165, 1.54) is 41.3 Å². The van der Waals surface area contributed by atoms with Gasteiger partial charge in [0.15, 0.2) is 6.73 Å². The van der Waals surface area contributed by atoms with Gasteiger partial charge < -0.3 is 14.8 Å². The quantitative estimate of drug-likeness (QED) is 0.289. The van der Waals surface area contributed by atoms with Crippen LogP contribution < -0.4 is 14.8 Å². The van der Waals surface area contributed by atoms with E-state index in [0.29, 0.717) is 16.5 Å². The smallest absolute Gasteiger partial charge is 0.275 e. The molecule has 0 fully saturated rings. The lowest BCUT2D eigenvalue weighted by atomic mass is 10.2. The number of ether oxygens (including phenoxy) is 2. The van der Waals surface area contributed by atoms with Crippen molar-refractivity contribution in [3.05, 3.63) is 100 Å². The summed E-state index contributed by atoms with van der Waals surface area (Å²) in [6, 6.07) is 15.5. The molecule has 0 atom stereocenters. The summed E-state index contributed by atoms with van der Waals surface area (Å²) in [7, 11) is 0. The number of hydrogen-bond donors (Lipinski definition) is 1. The van der Waals surface area contributed by atoms with Gasteiger partial charge >= 0.3 is 0 Å². The normalized spacial score (nSPS) is 10.5. The number of pyridine rings is 1. The number of anilines is 1. The second-order valence-electron chi connectivity index (χ2n) is 6.66. The highest BCUT2D eigenvalue weighted by Crippen LogP contribution is 2.29. The van der Waals surface area contributed by atoms with Crippen molar-refractivity contribution >= 4 is 28.9 Å². The molecular weight excluding hydrogens is 450 g/mol.